The highest BCUT2D eigenvalue weighted by Crippen LogP contribution is 2.28. The number of nitrogens with zero attached hydrogens (tertiary/aromatic N) is 2. The fraction of sp³-hybridized carbons (Fsp3) is 0.212. The number of benzene rings is 4. The summed E-state index contributed by atoms with van der Waals surface area (Å²) < 4.78 is 34.4. The molecular formula is C33H33Cl2N3O5S. The van der Waals surface area contributed by atoms with E-state index >= 15 is 0 Å². The van der Waals surface area contributed by atoms with Crippen LogP contribution in [0.25, 0.3) is 0 Å². The van der Waals surface area contributed by atoms with Gasteiger partial charge < -0.3 is 15.0 Å². The Kier molecular flexibility index (Phi) is 10.9. The molecule has 0 radical (unpaired) electrons. The van der Waals surface area contributed by atoms with Crippen molar-refractivity contribution < 1.29 is 22.7 Å². The number of sulfonamides is 1. The van der Waals surface area contributed by atoms with Crippen LogP contribution in [-0.2, 0) is 32.6 Å². The zero-order chi connectivity index (χ0) is 31.9. The van der Waals surface area contributed by atoms with Crippen molar-refractivity contribution in [2.24, 2.45) is 0 Å². The van der Waals surface area contributed by atoms with Gasteiger partial charge in [-0.25, -0.2) is 8.42 Å². The lowest BCUT2D eigenvalue weighted by molar-refractivity contribution is -0.139. The van der Waals surface area contributed by atoms with E-state index in [2.05, 4.69) is 5.32 Å². The van der Waals surface area contributed by atoms with Gasteiger partial charge in [-0.05, 0) is 66.6 Å². The average Bonchev–Trinajstić information content (AvgIpc) is 3.02. The van der Waals surface area contributed by atoms with Gasteiger partial charge in [-0.1, -0.05) is 77.3 Å². The van der Waals surface area contributed by atoms with Crippen molar-refractivity contribution >= 4 is 50.7 Å². The Morgan fingerprint density at radius 3 is 2.16 bits per heavy atom. The number of carbonyl (C=O) groups is 2. The first-order chi connectivity index (χ1) is 21.0. The monoisotopic (exact) mass is 653 g/mol. The fourth-order valence-corrected chi connectivity index (χ4v) is 6.55. The predicted octanol–water partition coefficient (Wildman–Crippen LogP) is 5.89. The number of hydrogen-bond acceptors (Lipinski definition) is 5. The van der Waals surface area contributed by atoms with Crippen LogP contribution in [0.4, 0.5) is 5.69 Å². The van der Waals surface area contributed by atoms with Gasteiger partial charge in [0.1, 0.15) is 18.3 Å². The molecule has 0 heterocycles. The highest BCUT2D eigenvalue weighted by molar-refractivity contribution is 7.92. The maximum Gasteiger partial charge on any atom is 0.264 e. The molecule has 1 atom stereocenters. The van der Waals surface area contributed by atoms with Gasteiger partial charge in [-0.15, -0.1) is 0 Å². The number of rotatable bonds is 12. The van der Waals surface area contributed by atoms with Gasteiger partial charge in [0.2, 0.25) is 11.8 Å². The van der Waals surface area contributed by atoms with Gasteiger partial charge in [0.25, 0.3) is 10.0 Å². The summed E-state index contributed by atoms with van der Waals surface area (Å²) in [6.45, 7) is 1.20. The Balaban J connectivity index is 1.80. The molecule has 0 saturated carbocycles. The Morgan fingerprint density at radius 2 is 1.57 bits per heavy atom. The van der Waals surface area contributed by atoms with Crippen LogP contribution in [-0.4, -0.2) is 51.9 Å². The van der Waals surface area contributed by atoms with Crippen molar-refractivity contribution in [2.75, 3.05) is 25.0 Å². The SMILES string of the molecule is CNC(=O)[C@H](Cc1ccccc1)N(Cc1ccc(Cl)cc1Cl)C(=O)CN(c1ccc(OC)cc1)S(=O)(=O)c1ccc(C)cc1. The molecule has 0 spiro atoms. The van der Waals surface area contributed by atoms with Crippen LogP contribution in [0.1, 0.15) is 16.7 Å². The molecule has 44 heavy (non-hydrogen) atoms. The van der Waals surface area contributed by atoms with E-state index in [0.717, 1.165) is 15.4 Å². The standard InChI is InChI=1S/C33H33Cl2N3O5S/c1-23-9-17-29(18-10-23)44(41,42)38(27-13-15-28(43-3)16-14-27)22-32(39)37(21-25-11-12-26(34)20-30(25)35)31(33(40)36-2)19-24-7-5-4-6-8-24/h4-18,20,31H,19,21-22H2,1-3H3,(H,36,40)/t31-/m0/s1. The summed E-state index contributed by atoms with van der Waals surface area (Å²) in [6.07, 6.45) is 0.185. The first kappa shape index (κ1) is 32.9. The molecule has 2 amide bonds. The van der Waals surface area contributed by atoms with Gasteiger partial charge >= 0.3 is 0 Å². The third-order valence-corrected chi connectivity index (χ3v) is 9.50. The van der Waals surface area contributed by atoms with Crippen LogP contribution >= 0.6 is 23.2 Å². The Morgan fingerprint density at radius 1 is 0.909 bits per heavy atom. The van der Waals surface area contributed by atoms with E-state index in [9.17, 15) is 18.0 Å². The van der Waals surface area contributed by atoms with Crippen molar-refractivity contribution in [3.05, 3.63) is 124 Å². The molecule has 4 rings (SSSR count). The van der Waals surface area contributed by atoms with E-state index in [-0.39, 0.29) is 23.5 Å². The van der Waals surface area contributed by atoms with Crippen LogP contribution in [0, 0.1) is 6.92 Å². The second-order valence-electron chi connectivity index (χ2n) is 10.1. The third kappa shape index (κ3) is 7.91. The molecule has 0 aliphatic heterocycles. The molecule has 4 aromatic rings. The van der Waals surface area contributed by atoms with Crippen LogP contribution in [0.5, 0.6) is 5.75 Å². The zero-order valence-corrected chi connectivity index (χ0v) is 26.9. The van der Waals surface area contributed by atoms with E-state index in [1.807, 2.05) is 37.3 Å². The zero-order valence-electron chi connectivity index (χ0n) is 24.5. The number of halogens is 2. The van der Waals surface area contributed by atoms with Crippen molar-refractivity contribution in [2.45, 2.75) is 30.8 Å². The number of ether oxygens (including phenoxy) is 1. The molecule has 8 nitrogen and oxygen atoms in total. The van der Waals surface area contributed by atoms with Crippen LogP contribution in [0.15, 0.2) is 102 Å². The van der Waals surface area contributed by atoms with Crippen molar-refractivity contribution in [3.63, 3.8) is 0 Å². The summed E-state index contributed by atoms with van der Waals surface area (Å²) >= 11 is 12.6. The van der Waals surface area contributed by atoms with Crippen molar-refractivity contribution in [3.8, 4) is 5.75 Å². The maximum absolute atomic E-state index is 14.4. The average molecular weight is 655 g/mol. The smallest absolute Gasteiger partial charge is 0.264 e. The molecule has 0 aliphatic carbocycles. The molecule has 0 bridgehead atoms. The molecule has 0 aromatic heterocycles. The number of methoxy groups -OCH3 is 1. The maximum atomic E-state index is 14.4. The summed E-state index contributed by atoms with van der Waals surface area (Å²) in [5, 5.41) is 3.38. The van der Waals surface area contributed by atoms with Gasteiger partial charge in [0, 0.05) is 30.1 Å². The Bertz CT molecular complexity index is 1700. The number of nitrogens with one attached hydrogen (secondary N) is 1. The third-order valence-electron chi connectivity index (χ3n) is 7.12. The molecule has 0 saturated heterocycles. The fourth-order valence-electron chi connectivity index (χ4n) is 4.67. The topological polar surface area (TPSA) is 96.0 Å². The quantitative estimate of drug-likeness (QED) is 0.206. The molecule has 4 aromatic carbocycles. The summed E-state index contributed by atoms with van der Waals surface area (Å²) in [4.78, 5) is 29.1. The first-order valence-electron chi connectivity index (χ1n) is 13.8. The molecule has 0 aliphatic rings. The number of carbonyl (C=O) groups excluding carboxylic acids is 2. The number of aryl methyl sites for hydroxylation is 1. The van der Waals surface area contributed by atoms with E-state index in [4.69, 9.17) is 27.9 Å². The highest BCUT2D eigenvalue weighted by atomic mass is 35.5. The van der Waals surface area contributed by atoms with Crippen molar-refractivity contribution in [1.29, 1.82) is 0 Å². The molecule has 11 heteroatoms. The molecule has 230 valence electrons. The number of anilines is 1. The van der Waals surface area contributed by atoms with Crippen LogP contribution < -0.4 is 14.4 Å². The minimum Gasteiger partial charge on any atom is -0.497 e. The van der Waals surface area contributed by atoms with Gasteiger partial charge in [-0.2, -0.15) is 0 Å². The summed E-state index contributed by atoms with van der Waals surface area (Å²) in [7, 11) is -1.22. The van der Waals surface area contributed by atoms with Crippen LogP contribution in [0.2, 0.25) is 10.0 Å². The van der Waals surface area contributed by atoms with E-state index in [0.29, 0.717) is 21.4 Å². The minimum absolute atomic E-state index is 0.0196. The normalized spacial score (nSPS) is 11.8. The van der Waals surface area contributed by atoms with Gasteiger partial charge in [0.15, 0.2) is 0 Å². The Labute approximate surface area is 268 Å². The predicted molar refractivity (Wildman–Crippen MR) is 174 cm³/mol. The van der Waals surface area contributed by atoms with Crippen LogP contribution in [0.3, 0.4) is 0 Å². The second kappa shape index (κ2) is 14.6. The van der Waals surface area contributed by atoms with Gasteiger partial charge in [0.05, 0.1) is 17.7 Å². The lowest BCUT2D eigenvalue weighted by Crippen LogP contribution is -2.53. The van der Waals surface area contributed by atoms with E-state index in [1.165, 1.54) is 31.2 Å². The molecule has 0 unspecified atom stereocenters. The molecular weight excluding hydrogens is 621 g/mol. The molecule has 1 N–H and O–H groups in total. The highest BCUT2D eigenvalue weighted by Gasteiger charge is 2.34. The lowest BCUT2D eigenvalue weighted by atomic mass is 10.0. The second-order valence-corrected chi connectivity index (χ2v) is 12.8. The number of hydrogen-bond donors (Lipinski definition) is 1. The first-order valence-corrected chi connectivity index (χ1v) is 16.0. The van der Waals surface area contributed by atoms with E-state index in [1.54, 1.807) is 54.6 Å². The number of amides is 2. The van der Waals surface area contributed by atoms with Gasteiger partial charge in [-0.3, -0.25) is 13.9 Å². The molecule has 0 fully saturated rings. The van der Waals surface area contributed by atoms with E-state index < -0.39 is 34.4 Å². The minimum atomic E-state index is -4.22. The summed E-state index contributed by atoms with van der Waals surface area (Å²) in [6, 6.07) is 25.9. The summed E-state index contributed by atoms with van der Waals surface area (Å²) in [5.41, 5.74) is 2.50. The largest absolute Gasteiger partial charge is 0.497 e. The van der Waals surface area contributed by atoms with Crippen molar-refractivity contribution in [1.82, 2.24) is 10.2 Å². The Hall–Kier alpha value is -4.05. The lowest BCUT2D eigenvalue weighted by Gasteiger charge is -2.33. The summed E-state index contributed by atoms with van der Waals surface area (Å²) in [5.74, 6) is -0.494. The number of likely N-dealkylation sites (N-methyl/N-ethyl adjacent to an activating group) is 1.